The molecule has 2 aromatic carbocycles. The van der Waals surface area contributed by atoms with E-state index in [1.54, 1.807) is 19.2 Å². The van der Waals surface area contributed by atoms with E-state index < -0.39 is 0 Å². The largest absolute Gasteiger partial charge is 0.489 e. The van der Waals surface area contributed by atoms with Crippen molar-refractivity contribution in [2.75, 3.05) is 7.11 Å². The first-order chi connectivity index (χ1) is 12.7. The maximum Gasteiger partial charge on any atom is 0.232 e. The zero-order chi connectivity index (χ0) is 18.4. The number of hydrogen-bond donors (Lipinski definition) is 1. The number of hydrogen-bond acceptors (Lipinski definition) is 3. The summed E-state index contributed by atoms with van der Waals surface area (Å²) in [7, 11) is 1.58. The van der Waals surface area contributed by atoms with Crippen LogP contribution in [0.3, 0.4) is 0 Å². The maximum atomic E-state index is 13.8. The number of H-pyrrole nitrogens is 1. The van der Waals surface area contributed by atoms with E-state index in [0.29, 0.717) is 17.2 Å². The van der Waals surface area contributed by atoms with Crippen molar-refractivity contribution in [3.05, 3.63) is 65.5 Å². The Morgan fingerprint density at radius 3 is 2.69 bits per heavy atom. The molecule has 0 radical (unpaired) electrons. The monoisotopic (exact) mass is 354 g/mol. The van der Waals surface area contributed by atoms with Crippen LogP contribution in [0.2, 0.25) is 0 Å². The highest BCUT2D eigenvalue weighted by atomic mass is 19.1. The lowest BCUT2D eigenvalue weighted by Gasteiger charge is -2.11. The van der Waals surface area contributed by atoms with Crippen LogP contribution in [0.4, 0.5) is 4.39 Å². The van der Waals surface area contributed by atoms with Crippen molar-refractivity contribution in [1.29, 1.82) is 0 Å². The summed E-state index contributed by atoms with van der Waals surface area (Å²) in [5, 5.41) is 7.08. The minimum absolute atomic E-state index is 0.190. The quantitative estimate of drug-likeness (QED) is 0.609. The summed E-state index contributed by atoms with van der Waals surface area (Å²) < 4.78 is 24.8. The van der Waals surface area contributed by atoms with Crippen molar-refractivity contribution in [2.45, 2.75) is 32.8 Å². The van der Waals surface area contributed by atoms with Gasteiger partial charge in [0.15, 0.2) is 0 Å². The Kier molecular flexibility index (Phi) is 5.89. The second-order valence-corrected chi connectivity index (χ2v) is 6.17. The highest BCUT2D eigenvalue weighted by Gasteiger charge is 2.09. The molecule has 5 heteroatoms. The Morgan fingerprint density at radius 1 is 1.12 bits per heavy atom. The topological polar surface area (TPSA) is 47.1 Å². The van der Waals surface area contributed by atoms with E-state index in [4.69, 9.17) is 9.47 Å². The Hall–Kier alpha value is -2.82. The fraction of sp³-hybridized carbons (Fsp3) is 0.286. The van der Waals surface area contributed by atoms with E-state index in [2.05, 4.69) is 23.2 Å². The number of aromatic amines is 1. The fourth-order valence-corrected chi connectivity index (χ4v) is 2.76. The number of aromatic nitrogens is 2. The highest BCUT2D eigenvalue weighted by Crippen LogP contribution is 2.28. The molecule has 3 aromatic rings. The molecule has 1 heterocycles. The molecule has 0 bridgehead atoms. The summed E-state index contributed by atoms with van der Waals surface area (Å²) in [5.74, 6) is 0.992. The number of aryl methyl sites for hydroxylation is 1. The van der Waals surface area contributed by atoms with Crippen LogP contribution < -0.4 is 9.47 Å². The molecule has 0 unspecified atom stereocenters. The average Bonchev–Trinajstić information content (AvgIpc) is 3.15. The summed E-state index contributed by atoms with van der Waals surface area (Å²) in [4.78, 5) is 0. The number of nitrogens with one attached hydrogen (secondary N) is 1. The van der Waals surface area contributed by atoms with Gasteiger partial charge in [-0.05, 0) is 42.7 Å². The first kappa shape index (κ1) is 18.0. The third-order valence-corrected chi connectivity index (χ3v) is 4.21. The molecule has 136 valence electrons. The smallest absolute Gasteiger partial charge is 0.232 e. The summed E-state index contributed by atoms with van der Waals surface area (Å²) in [6.45, 7) is 2.36. The van der Waals surface area contributed by atoms with Gasteiger partial charge in [-0.15, -0.1) is 5.10 Å². The van der Waals surface area contributed by atoms with Gasteiger partial charge in [-0.1, -0.05) is 31.5 Å². The highest BCUT2D eigenvalue weighted by molar-refractivity contribution is 5.63. The standard InChI is InChI=1S/C21H23FN2O2/c1-3-4-7-15-10-17(20-13-21(25-2)24-23-20)12-18(11-15)26-14-16-8-5-6-9-19(16)22/h5-6,8-13H,3-4,7,14H2,1-2H3,(H,23,24). The van der Waals surface area contributed by atoms with Crippen LogP contribution in [0.1, 0.15) is 30.9 Å². The number of rotatable bonds is 8. The molecule has 1 aromatic heterocycles. The SMILES string of the molecule is CCCCc1cc(OCc2ccccc2F)cc(-c2cc(OC)n[nH]2)c1. The lowest BCUT2D eigenvalue weighted by atomic mass is 10.0. The molecule has 0 atom stereocenters. The van der Waals surface area contributed by atoms with Gasteiger partial charge in [0.2, 0.25) is 5.88 Å². The van der Waals surface area contributed by atoms with Gasteiger partial charge in [0, 0.05) is 17.2 Å². The first-order valence-corrected chi connectivity index (χ1v) is 8.79. The van der Waals surface area contributed by atoms with Gasteiger partial charge in [-0.3, -0.25) is 5.10 Å². The normalized spacial score (nSPS) is 10.7. The zero-order valence-electron chi connectivity index (χ0n) is 15.1. The van der Waals surface area contributed by atoms with Crippen LogP contribution in [0.5, 0.6) is 11.6 Å². The minimum atomic E-state index is -0.256. The molecule has 0 aliphatic carbocycles. The molecule has 0 aliphatic heterocycles. The van der Waals surface area contributed by atoms with Crippen LogP contribution in [0.15, 0.2) is 48.5 Å². The van der Waals surface area contributed by atoms with Crippen LogP contribution in [-0.2, 0) is 13.0 Å². The molecule has 1 N–H and O–H groups in total. The van der Waals surface area contributed by atoms with E-state index in [9.17, 15) is 4.39 Å². The van der Waals surface area contributed by atoms with E-state index in [0.717, 1.165) is 30.5 Å². The Morgan fingerprint density at radius 2 is 1.96 bits per heavy atom. The molecular formula is C21H23FN2O2. The average molecular weight is 354 g/mol. The predicted octanol–water partition coefficient (Wildman–Crippen LogP) is 5.15. The summed E-state index contributed by atoms with van der Waals surface area (Å²) in [5.41, 5.74) is 3.55. The third-order valence-electron chi connectivity index (χ3n) is 4.21. The van der Waals surface area contributed by atoms with Gasteiger partial charge < -0.3 is 9.47 Å². The Balaban J connectivity index is 1.85. The molecule has 0 spiro atoms. The summed E-state index contributed by atoms with van der Waals surface area (Å²) in [6.07, 6.45) is 3.18. The van der Waals surface area contributed by atoms with Crippen molar-refractivity contribution < 1.29 is 13.9 Å². The minimum Gasteiger partial charge on any atom is -0.489 e. The van der Waals surface area contributed by atoms with Gasteiger partial charge in [-0.25, -0.2) is 4.39 Å². The molecule has 0 amide bonds. The van der Waals surface area contributed by atoms with Crippen molar-refractivity contribution >= 4 is 0 Å². The molecule has 0 aliphatic rings. The van der Waals surface area contributed by atoms with E-state index in [-0.39, 0.29) is 12.4 Å². The van der Waals surface area contributed by atoms with E-state index in [1.807, 2.05) is 24.3 Å². The summed E-state index contributed by atoms with van der Waals surface area (Å²) in [6, 6.07) is 14.6. The van der Waals surface area contributed by atoms with Gasteiger partial charge in [0.25, 0.3) is 0 Å². The van der Waals surface area contributed by atoms with Crippen LogP contribution >= 0.6 is 0 Å². The van der Waals surface area contributed by atoms with Gasteiger partial charge >= 0.3 is 0 Å². The Bertz CT molecular complexity index is 861. The van der Waals surface area contributed by atoms with Crippen LogP contribution in [0, 0.1) is 5.82 Å². The number of unbranched alkanes of at least 4 members (excludes halogenated alkanes) is 1. The maximum absolute atomic E-state index is 13.8. The number of benzene rings is 2. The number of halogens is 1. The number of nitrogens with zero attached hydrogens (tertiary/aromatic N) is 1. The second kappa shape index (κ2) is 8.52. The molecule has 26 heavy (non-hydrogen) atoms. The molecular weight excluding hydrogens is 331 g/mol. The zero-order valence-corrected chi connectivity index (χ0v) is 15.1. The first-order valence-electron chi connectivity index (χ1n) is 8.79. The van der Waals surface area contributed by atoms with E-state index >= 15 is 0 Å². The molecule has 0 saturated heterocycles. The number of methoxy groups -OCH3 is 1. The lowest BCUT2D eigenvalue weighted by molar-refractivity contribution is 0.299. The van der Waals surface area contributed by atoms with Crippen molar-refractivity contribution in [2.24, 2.45) is 0 Å². The van der Waals surface area contributed by atoms with Crippen molar-refractivity contribution in [3.63, 3.8) is 0 Å². The van der Waals surface area contributed by atoms with Crippen molar-refractivity contribution in [1.82, 2.24) is 10.2 Å². The van der Waals surface area contributed by atoms with Crippen LogP contribution in [-0.4, -0.2) is 17.3 Å². The molecule has 0 saturated carbocycles. The molecule has 4 nitrogen and oxygen atoms in total. The van der Waals surface area contributed by atoms with Crippen LogP contribution in [0.25, 0.3) is 11.3 Å². The third kappa shape index (κ3) is 4.42. The van der Waals surface area contributed by atoms with E-state index in [1.165, 1.54) is 11.6 Å². The molecule has 0 fully saturated rings. The fourth-order valence-electron chi connectivity index (χ4n) is 2.76. The summed E-state index contributed by atoms with van der Waals surface area (Å²) >= 11 is 0. The molecule has 3 rings (SSSR count). The van der Waals surface area contributed by atoms with Gasteiger partial charge in [0.05, 0.1) is 12.8 Å². The van der Waals surface area contributed by atoms with Gasteiger partial charge in [-0.2, -0.15) is 0 Å². The number of ether oxygens (including phenoxy) is 2. The second-order valence-electron chi connectivity index (χ2n) is 6.17. The van der Waals surface area contributed by atoms with Gasteiger partial charge in [0.1, 0.15) is 18.2 Å². The Labute approximate surface area is 153 Å². The van der Waals surface area contributed by atoms with Crippen molar-refractivity contribution in [3.8, 4) is 22.9 Å². The predicted molar refractivity (Wildman–Crippen MR) is 99.9 cm³/mol. The lowest BCUT2D eigenvalue weighted by Crippen LogP contribution is -1.99.